The lowest BCUT2D eigenvalue weighted by Crippen LogP contribution is -1.99. The van der Waals surface area contributed by atoms with Gasteiger partial charge in [-0.3, -0.25) is 14.5 Å². The molecule has 0 aliphatic carbocycles. The van der Waals surface area contributed by atoms with Crippen molar-refractivity contribution in [2.24, 2.45) is 20.5 Å². The van der Waals surface area contributed by atoms with Gasteiger partial charge in [0.15, 0.2) is 5.75 Å². The Labute approximate surface area is 209 Å². The van der Waals surface area contributed by atoms with E-state index in [1.165, 1.54) is 18.3 Å². The van der Waals surface area contributed by atoms with Gasteiger partial charge in [-0.15, -0.1) is 15.3 Å². The molecule has 3 aromatic carbocycles. The molecule has 2 heterocycles. The first kappa shape index (κ1) is 23.6. The van der Waals surface area contributed by atoms with Gasteiger partial charge in [-0.1, -0.05) is 0 Å². The van der Waals surface area contributed by atoms with Crippen LogP contribution in [-0.2, 0) is 10.1 Å². The van der Waals surface area contributed by atoms with Gasteiger partial charge in [0.1, 0.15) is 21.8 Å². The monoisotopic (exact) mass is 509 g/mol. The summed E-state index contributed by atoms with van der Waals surface area (Å²) in [7, 11) is -4.63. The molecule has 5 rings (SSSR count). The Morgan fingerprint density at radius 1 is 0.757 bits per heavy atom. The van der Waals surface area contributed by atoms with E-state index in [0.29, 0.717) is 33.5 Å². The lowest BCUT2D eigenvalue weighted by Gasteiger charge is -2.07. The molecule has 0 atom stereocenters. The van der Waals surface area contributed by atoms with Gasteiger partial charge in [0.2, 0.25) is 0 Å². The Kier molecular flexibility index (Phi) is 6.06. The number of phenolic OH excluding ortho intramolecular Hbond substituents is 1. The Hall–Kier alpha value is -5.12. The summed E-state index contributed by atoms with van der Waals surface area (Å²) in [5, 5.41) is 36.9. The molecular formula is C25H15N7O4S. The van der Waals surface area contributed by atoms with Crippen LogP contribution in [0.2, 0.25) is 0 Å². The number of azo groups is 2. The minimum absolute atomic E-state index is 0.0468. The van der Waals surface area contributed by atoms with Gasteiger partial charge in [0, 0.05) is 23.2 Å². The summed E-state index contributed by atoms with van der Waals surface area (Å²) < 4.78 is 33.5. The van der Waals surface area contributed by atoms with Crippen LogP contribution in [0.4, 0.5) is 22.7 Å². The zero-order valence-electron chi connectivity index (χ0n) is 18.8. The molecule has 0 unspecified atom stereocenters. The average Bonchev–Trinajstić information content (AvgIpc) is 2.91. The van der Waals surface area contributed by atoms with Crippen LogP contribution in [0.3, 0.4) is 0 Å². The van der Waals surface area contributed by atoms with E-state index in [4.69, 9.17) is 5.26 Å². The van der Waals surface area contributed by atoms with Gasteiger partial charge in [-0.05, 0) is 66.7 Å². The number of phenols is 1. The molecule has 5 aromatic rings. The van der Waals surface area contributed by atoms with Crippen molar-refractivity contribution in [1.82, 2.24) is 9.97 Å². The van der Waals surface area contributed by atoms with Gasteiger partial charge in [0.05, 0.1) is 28.5 Å². The van der Waals surface area contributed by atoms with Crippen molar-refractivity contribution in [2.45, 2.75) is 4.90 Å². The number of hydrogen-bond acceptors (Lipinski definition) is 10. The highest BCUT2D eigenvalue weighted by Gasteiger charge is 2.20. The minimum atomic E-state index is -4.63. The zero-order chi connectivity index (χ0) is 26.0. The van der Waals surface area contributed by atoms with Gasteiger partial charge >= 0.3 is 0 Å². The molecule has 0 amide bonds. The Balaban J connectivity index is 1.56. The normalized spacial score (nSPS) is 12.0. The molecule has 0 saturated carbocycles. The number of rotatable bonds is 5. The minimum Gasteiger partial charge on any atom is -0.504 e. The Morgan fingerprint density at radius 2 is 1.38 bits per heavy atom. The second-order valence-corrected chi connectivity index (χ2v) is 9.07. The molecular weight excluding hydrogens is 494 g/mol. The zero-order valence-corrected chi connectivity index (χ0v) is 19.6. The van der Waals surface area contributed by atoms with Gasteiger partial charge in [0.25, 0.3) is 10.1 Å². The predicted octanol–water partition coefficient (Wildman–Crippen LogP) is 6.44. The van der Waals surface area contributed by atoms with Crippen LogP contribution in [0.5, 0.6) is 5.75 Å². The Bertz CT molecular complexity index is 1880. The van der Waals surface area contributed by atoms with E-state index in [1.54, 1.807) is 54.7 Å². The van der Waals surface area contributed by atoms with Gasteiger partial charge in [-0.2, -0.15) is 18.8 Å². The van der Waals surface area contributed by atoms with Crippen LogP contribution in [-0.4, -0.2) is 28.0 Å². The first-order chi connectivity index (χ1) is 17.8. The molecule has 0 bridgehead atoms. The number of aromatic hydroxyl groups is 1. The van der Waals surface area contributed by atoms with Crippen molar-refractivity contribution in [3.8, 4) is 11.8 Å². The number of hydrogen-bond donors (Lipinski definition) is 2. The molecule has 2 N–H and O–H groups in total. The van der Waals surface area contributed by atoms with E-state index in [1.807, 2.05) is 6.07 Å². The molecule has 0 spiro atoms. The highest BCUT2D eigenvalue weighted by Crippen LogP contribution is 2.39. The summed E-state index contributed by atoms with van der Waals surface area (Å²) in [4.78, 5) is 7.91. The number of pyridine rings is 2. The fraction of sp³-hybridized carbons (Fsp3) is 0. The first-order valence-corrected chi connectivity index (χ1v) is 12.1. The summed E-state index contributed by atoms with van der Waals surface area (Å²) in [6.07, 6.45) is 2.94. The third-order valence-electron chi connectivity index (χ3n) is 5.35. The molecule has 2 aromatic heterocycles. The molecule has 0 saturated heterocycles. The van der Waals surface area contributed by atoms with Crippen LogP contribution in [0.1, 0.15) is 5.56 Å². The van der Waals surface area contributed by atoms with E-state index in [0.717, 1.165) is 6.07 Å². The molecule has 0 aliphatic heterocycles. The maximum absolute atomic E-state index is 11.9. The molecule has 0 aliphatic rings. The predicted molar refractivity (Wildman–Crippen MR) is 134 cm³/mol. The lowest BCUT2D eigenvalue weighted by atomic mass is 10.1. The van der Waals surface area contributed by atoms with Crippen molar-refractivity contribution in [3.63, 3.8) is 0 Å². The van der Waals surface area contributed by atoms with Crippen molar-refractivity contribution in [2.75, 3.05) is 0 Å². The molecule has 0 radical (unpaired) electrons. The molecule has 37 heavy (non-hydrogen) atoms. The van der Waals surface area contributed by atoms with E-state index in [2.05, 4.69) is 30.4 Å². The van der Waals surface area contributed by atoms with Crippen molar-refractivity contribution < 1.29 is 18.1 Å². The van der Waals surface area contributed by atoms with Crippen LogP contribution in [0, 0.1) is 11.3 Å². The van der Waals surface area contributed by atoms with Crippen molar-refractivity contribution in [3.05, 3.63) is 84.7 Å². The largest absolute Gasteiger partial charge is 0.504 e. The standard InChI is InChI=1S/C25H15N7O4S/c26-14-15-5-7-16(8-6-15)29-30-19-9-10-20(23-17(19)3-1-11-27-23)31-32-21-13-22(37(34,35)36)18-4-2-12-28-24(18)25(21)33/h1-13,33H,(H,34,35,36). The fourth-order valence-electron chi connectivity index (χ4n) is 3.61. The number of benzene rings is 3. The van der Waals surface area contributed by atoms with Gasteiger partial charge in [-0.25, -0.2) is 0 Å². The topological polar surface area (TPSA) is 174 Å². The average molecular weight is 510 g/mol. The number of nitrogens with zero attached hydrogens (tertiary/aromatic N) is 7. The molecule has 11 nitrogen and oxygen atoms in total. The second kappa shape index (κ2) is 9.50. The third kappa shape index (κ3) is 4.72. The van der Waals surface area contributed by atoms with E-state index < -0.39 is 20.8 Å². The number of aromatic nitrogens is 2. The van der Waals surface area contributed by atoms with Crippen LogP contribution < -0.4 is 0 Å². The lowest BCUT2D eigenvalue weighted by molar-refractivity contribution is 0.479. The van der Waals surface area contributed by atoms with Crippen LogP contribution in [0.25, 0.3) is 21.8 Å². The third-order valence-corrected chi connectivity index (χ3v) is 6.24. The van der Waals surface area contributed by atoms with E-state index in [9.17, 15) is 18.1 Å². The molecule has 0 fully saturated rings. The smallest absolute Gasteiger partial charge is 0.295 e. The molecule has 12 heteroatoms. The van der Waals surface area contributed by atoms with Crippen molar-refractivity contribution >= 4 is 54.7 Å². The highest BCUT2D eigenvalue weighted by atomic mass is 32.2. The summed E-state index contributed by atoms with van der Waals surface area (Å²) >= 11 is 0. The molecule has 180 valence electrons. The Morgan fingerprint density at radius 3 is 2.08 bits per heavy atom. The summed E-state index contributed by atoms with van der Waals surface area (Å²) in [5.41, 5.74) is 2.10. The van der Waals surface area contributed by atoms with Crippen molar-refractivity contribution in [1.29, 1.82) is 5.26 Å². The maximum Gasteiger partial charge on any atom is 0.295 e. The quantitative estimate of drug-likeness (QED) is 0.202. The SMILES string of the molecule is N#Cc1ccc(N=Nc2ccc(N=Nc3cc(S(=O)(=O)O)c4cccnc4c3O)c3ncccc23)cc1. The van der Waals surface area contributed by atoms with E-state index >= 15 is 0 Å². The number of fused-ring (bicyclic) bond motifs is 2. The summed E-state index contributed by atoms with van der Waals surface area (Å²) in [6.45, 7) is 0. The first-order valence-electron chi connectivity index (χ1n) is 10.6. The van der Waals surface area contributed by atoms with E-state index in [-0.39, 0.29) is 16.6 Å². The second-order valence-electron chi connectivity index (χ2n) is 7.68. The number of nitriles is 1. The highest BCUT2D eigenvalue weighted by molar-refractivity contribution is 7.86. The van der Waals surface area contributed by atoms with Crippen LogP contribution in [0.15, 0.2) is 104 Å². The fourth-order valence-corrected chi connectivity index (χ4v) is 4.31. The van der Waals surface area contributed by atoms with Crippen LogP contribution >= 0.6 is 0 Å². The maximum atomic E-state index is 11.9. The summed E-state index contributed by atoms with van der Waals surface area (Å²) in [6, 6.07) is 19.4. The summed E-state index contributed by atoms with van der Waals surface area (Å²) in [5.74, 6) is -0.392. The van der Waals surface area contributed by atoms with Gasteiger partial charge < -0.3 is 5.11 Å².